The standard InChI is InChI=1S/C12H14FN3O2S2/c1-12(2,11-15-5-6-19-11)16-10-4-3-8(7-9(10)13)20(14,17)18/h3-7,16H,1-2H3,(H2,14,17,18). The number of nitrogens with zero attached hydrogens (tertiary/aromatic N) is 1. The van der Waals surface area contributed by atoms with Gasteiger partial charge in [-0.05, 0) is 32.0 Å². The highest BCUT2D eigenvalue weighted by molar-refractivity contribution is 7.89. The van der Waals surface area contributed by atoms with Gasteiger partial charge < -0.3 is 5.32 Å². The number of thiazole rings is 1. The molecule has 0 aliphatic rings. The van der Waals surface area contributed by atoms with Crippen LogP contribution in [0.3, 0.4) is 0 Å². The van der Waals surface area contributed by atoms with Crippen LogP contribution in [0.5, 0.6) is 0 Å². The molecule has 2 rings (SSSR count). The molecule has 1 aromatic carbocycles. The SMILES string of the molecule is CC(C)(Nc1ccc(S(N)(=O)=O)cc1F)c1nccs1. The number of primary sulfonamides is 1. The fraction of sp³-hybridized carbons (Fsp3) is 0.250. The van der Waals surface area contributed by atoms with Gasteiger partial charge in [-0.1, -0.05) is 0 Å². The minimum absolute atomic E-state index is 0.192. The monoisotopic (exact) mass is 315 g/mol. The Balaban J connectivity index is 2.31. The van der Waals surface area contributed by atoms with Crippen molar-refractivity contribution >= 4 is 27.0 Å². The quantitative estimate of drug-likeness (QED) is 0.906. The van der Waals surface area contributed by atoms with Crippen LogP contribution in [0.1, 0.15) is 18.9 Å². The van der Waals surface area contributed by atoms with Gasteiger partial charge in [-0.25, -0.2) is 22.9 Å². The third kappa shape index (κ3) is 3.14. The summed E-state index contributed by atoms with van der Waals surface area (Å²) in [5.41, 5.74) is -0.379. The highest BCUT2D eigenvalue weighted by Crippen LogP contribution is 2.29. The molecule has 0 amide bonds. The minimum Gasteiger partial charge on any atom is -0.371 e. The largest absolute Gasteiger partial charge is 0.371 e. The van der Waals surface area contributed by atoms with E-state index in [1.807, 2.05) is 19.2 Å². The summed E-state index contributed by atoms with van der Waals surface area (Å²) in [5, 5.41) is 10.6. The van der Waals surface area contributed by atoms with Crippen LogP contribution < -0.4 is 10.5 Å². The van der Waals surface area contributed by atoms with Crippen LogP contribution in [0.15, 0.2) is 34.7 Å². The molecule has 3 N–H and O–H groups in total. The first-order chi connectivity index (χ1) is 9.20. The molecule has 0 unspecified atom stereocenters. The second-order valence-corrected chi connectivity index (χ2v) is 7.23. The van der Waals surface area contributed by atoms with Gasteiger partial charge in [0, 0.05) is 11.6 Å². The molecule has 2 aromatic rings. The molecule has 0 atom stereocenters. The van der Waals surface area contributed by atoms with E-state index in [0.717, 1.165) is 11.1 Å². The third-order valence-corrected chi connectivity index (χ3v) is 4.69. The Morgan fingerprint density at radius 1 is 1.40 bits per heavy atom. The number of halogens is 1. The van der Waals surface area contributed by atoms with Gasteiger partial charge in [-0.3, -0.25) is 0 Å². The molecule has 0 bridgehead atoms. The molecule has 0 spiro atoms. The lowest BCUT2D eigenvalue weighted by molar-refractivity contribution is 0.576. The Morgan fingerprint density at radius 3 is 2.60 bits per heavy atom. The highest BCUT2D eigenvalue weighted by Gasteiger charge is 2.24. The van der Waals surface area contributed by atoms with Crippen molar-refractivity contribution in [1.29, 1.82) is 0 Å². The van der Waals surface area contributed by atoms with Crippen LogP contribution in [0, 0.1) is 5.82 Å². The molecule has 20 heavy (non-hydrogen) atoms. The van der Waals surface area contributed by atoms with Gasteiger partial charge >= 0.3 is 0 Å². The number of hydrogen-bond acceptors (Lipinski definition) is 5. The molecule has 0 fully saturated rings. The molecule has 1 aromatic heterocycles. The molecule has 5 nitrogen and oxygen atoms in total. The van der Waals surface area contributed by atoms with E-state index in [9.17, 15) is 12.8 Å². The summed E-state index contributed by atoms with van der Waals surface area (Å²) < 4.78 is 36.3. The molecule has 0 aliphatic heterocycles. The van der Waals surface area contributed by atoms with Gasteiger partial charge in [-0.15, -0.1) is 11.3 Å². The van der Waals surface area contributed by atoms with Crippen LogP contribution in [-0.4, -0.2) is 13.4 Å². The Labute approximate surface area is 120 Å². The van der Waals surface area contributed by atoms with Crippen molar-refractivity contribution < 1.29 is 12.8 Å². The molecule has 0 aliphatic carbocycles. The lowest BCUT2D eigenvalue weighted by atomic mass is 10.1. The number of hydrogen-bond donors (Lipinski definition) is 2. The van der Waals surface area contributed by atoms with E-state index < -0.39 is 21.4 Å². The molecule has 108 valence electrons. The fourth-order valence-corrected chi connectivity index (χ4v) is 2.94. The molecule has 0 radical (unpaired) electrons. The van der Waals surface area contributed by atoms with Gasteiger partial charge in [0.15, 0.2) is 0 Å². The van der Waals surface area contributed by atoms with Gasteiger partial charge in [0.2, 0.25) is 10.0 Å². The molecule has 0 saturated heterocycles. The first-order valence-corrected chi connectivity index (χ1v) is 8.13. The van der Waals surface area contributed by atoms with E-state index >= 15 is 0 Å². The van der Waals surface area contributed by atoms with Gasteiger partial charge in [-0.2, -0.15) is 0 Å². The molecule has 8 heteroatoms. The number of sulfonamides is 1. The Kier molecular flexibility index (Phi) is 3.81. The summed E-state index contributed by atoms with van der Waals surface area (Å²) in [4.78, 5) is 3.93. The van der Waals surface area contributed by atoms with E-state index in [4.69, 9.17) is 5.14 Å². The predicted molar refractivity (Wildman–Crippen MR) is 76.5 cm³/mol. The van der Waals surface area contributed by atoms with E-state index in [1.165, 1.54) is 23.5 Å². The van der Waals surface area contributed by atoms with E-state index in [0.29, 0.717) is 0 Å². The number of nitrogens with two attached hydrogens (primary N) is 1. The normalized spacial score (nSPS) is 12.4. The third-order valence-electron chi connectivity index (χ3n) is 2.68. The van der Waals surface area contributed by atoms with Gasteiger partial charge in [0.1, 0.15) is 10.8 Å². The van der Waals surface area contributed by atoms with Crippen molar-refractivity contribution in [1.82, 2.24) is 4.98 Å². The number of benzene rings is 1. The van der Waals surface area contributed by atoms with Crippen LogP contribution in [0.2, 0.25) is 0 Å². The van der Waals surface area contributed by atoms with Crippen LogP contribution in [0.25, 0.3) is 0 Å². The predicted octanol–water partition coefficient (Wildman–Crippen LogP) is 2.28. The molecule has 0 saturated carbocycles. The summed E-state index contributed by atoms with van der Waals surface area (Å²) in [6, 6.07) is 3.51. The van der Waals surface area contributed by atoms with Crippen molar-refractivity contribution in [2.75, 3.05) is 5.32 Å². The lowest BCUT2D eigenvalue weighted by Crippen LogP contribution is -2.28. The van der Waals surface area contributed by atoms with E-state index in [-0.39, 0.29) is 10.6 Å². The zero-order chi connectivity index (χ0) is 15.0. The number of nitrogens with one attached hydrogen (secondary N) is 1. The maximum atomic E-state index is 14.0. The maximum Gasteiger partial charge on any atom is 0.238 e. The zero-order valence-electron chi connectivity index (χ0n) is 10.9. The van der Waals surface area contributed by atoms with E-state index in [2.05, 4.69) is 10.3 Å². The maximum absolute atomic E-state index is 14.0. The summed E-state index contributed by atoms with van der Waals surface area (Å²) in [6.07, 6.45) is 1.67. The Hall–Kier alpha value is -1.51. The van der Waals surface area contributed by atoms with E-state index in [1.54, 1.807) is 6.20 Å². The molecule has 1 heterocycles. The summed E-state index contributed by atoms with van der Waals surface area (Å²) in [7, 11) is -3.91. The second-order valence-electron chi connectivity index (χ2n) is 4.77. The summed E-state index contributed by atoms with van der Waals surface area (Å²) >= 11 is 1.45. The highest BCUT2D eigenvalue weighted by atomic mass is 32.2. The first-order valence-electron chi connectivity index (χ1n) is 5.71. The van der Waals surface area contributed by atoms with Gasteiger partial charge in [0.05, 0.1) is 16.1 Å². The van der Waals surface area contributed by atoms with Crippen molar-refractivity contribution in [2.24, 2.45) is 5.14 Å². The number of aromatic nitrogens is 1. The van der Waals surface area contributed by atoms with Crippen molar-refractivity contribution in [3.05, 3.63) is 40.6 Å². The zero-order valence-corrected chi connectivity index (χ0v) is 12.6. The average Bonchev–Trinajstić information content (AvgIpc) is 2.84. The number of anilines is 1. The topological polar surface area (TPSA) is 85.1 Å². The summed E-state index contributed by atoms with van der Waals surface area (Å²) in [6.45, 7) is 3.72. The molecular weight excluding hydrogens is 301 g/mol. The van der Waals surface area contributed by atoms with Crippen LogP contribution >= 0.6 is 11.3 Å². The fourth-order valence-electron chi connectivity index (χ4n) is 1.70. The second kappa shape index (κ2) is 5.12. The summed E-state index contributed by atoms with van der Waals surface area (Å²) in [5.74, 6) is -0.679. The number of rotatable bonds is 4. The van der Waals surface area contributed by atoms with Crippen molar-refractivity contribution in [3.63, 3.8) is 0 Å². The average molecular weight is 315 g/mol. The van der Waals surface area contributed by atoms with Crippen LogP contribution in [0.4, 0.5) is 10.1 Å². The Morgan fingerprint density at radius 2 is 2.10 bits per heavy atom. The van der Waals surface area contributed by atoms with Crippen molar-refractivity contribution in [2.45, 2.75) is 24.3 Å². The minimum atomic E-state index is -3.91. The first kappa shape index (κ1) is 14.9. The lowest BCUT2D eigenvalue weighted by Gasteiger charge is -2.25. The van der Waals surface area contributed by atoms with Crippen molar-refractivity contribution in [3.8, 4) is 0 Å². The Bertz CT molecular complexity index is 712. The van der Waals surface area contributed by atoms with Gasteiger partial charge in [0.25, 0.3) is 0 Å². The smallest absolute Gasteiger partial charge is 0.238 e. The molecular formula is C12H14FN3O2S2. The van der Waals surface area contributed by atoms with Crippen LogP contribution in [-0.2, 0) is 15.6 Å².